The van der Waals surface area contributed by atoms with Crippen molar-refractivity contribution in [3.8, 4) is 0 Å². The molecule has 0 bridgehead atoms. The van der Waals surface area contributed by atoms with Crippen LogP contribution >= 0.6 is 0 Å². The zero-order chi connectivity index (χ0) is 24.0. The maximum atomic E-state index is 13.5. The van der Waals surface area contributed by atoms with E-state index in [1.807, 2.05) is 20.1 Å². The number of carbonyl (C=O) groups excluding carboxylic acids is 1. The predicted octanol–water partition coefficient (Wildman–Crippen LogP) is 2.64. The summed E-state index contributed by atoms with van der Waals surface area (Å²) in [7, 11) is 1.51. The second-order valence-corrected chi connectivity index (χ2v) is 9.94. The van der Waals surface area contributed by atoms with E-state index in [4.69, 9.17) is 9.83 Å². The number of rotatable bonds is 5. The number of carbonyl (C=O) groups is 1. The lowest BCUT2D eigenvalue weighted by molar-refractivity contribution is -0.146. The van der Waals surface area contributed by atoms with E-state index in [0.717, 1.165) is 23.6 Å². The van der Waals surface area contributed by atoms with Gasteiger partial charge in [-0.05, 0) is 32.6 Å². The van der Waals surface area contributed by atoms with E-state index in [9.17, 15) is 18.0 Å². The Kier molecular flexibility index (Phi) is 6.26. The van der Waals surface area contributed by atoms with Crippen LogP contribution < -0.4 is 0 Å². The van der Waals surface area contributed by atoms with Crippen LogP contribution in [0.5, 0.6) is 0 Å². The molecule has 0 aromatic rings. The Morgan fingerprint density at radius 2 is 2.06 bits per heavy atom. The fourth-order valence-electron chi connectivity index (χ4n) is 5.66. The molecule has 6 atom stereocenters. The van der Waals surface area contributed by atoms with Gasteiger partial charge in [-0.25, -0.2) is 0 Å². The lowest BCUT2D eigenvalue weighted by Gasteiger charge is -2.38. The first-order valence-electron chi connectivity index (χ1n) is 11.3. The molecule has 4 aliphatic heterocycles. The maximum absolute atomic E-state index is 13.5. The van der Waals surface area contributed by atoms with E-state index in [0.29, 0.717) is 6.54 Å². The number of likely N-dealkylation sites (tertiary alicyclic amines) is 1. The van der Waals surface area contributed by atoms with Crippen LogP contribution in [0, 0.1) is 23.7 Å². The van der Waals surface area contributed by atoms with Gasteiger partial charge in [0.2, 0.25) is 5.91 Å². The first-order valence-corrected chi connectivity index (χ1v) is 11.3. The van der Waals surface area contributed by atoms with Gasteiger partial charge in [0.15, 0.2) is 0 Å². The predicted molar refractivity (Wildman–Crippen MR) is 120 cm³/mol. The molecule has 0 aliphatic carbocycles. The van der Waals surface area contributed by atoms with Crippen molar-refractivity contribution in [1.29, 1.82) is 0 Å². The lowest BCUT2D eigenvalue weighted by atomic mass is 9.75. The van der Waals surface area contributed by atoms with Crippen molar-refractivity contribution in [1.82, 2.24) is 9.91 Å². The van der Waals surface area contributed by atoms with Gasteiger partial charge in [-0.15, -0.1) is 0 Å². The number of hydrogen-bond acceptors (Lipinski definition) is 7. The summed E-state index contributed by atoms with van der Waals surface area (Å²) in [5.41, 5.74) is 0.113. The minimum Gasteiger partial charge on any atom is -0.399 e. The van der Waals surface area contributed by atoms with Crippen molar-refractivity contribution in [3.63, 3.8) is 0 Å². The van der Waals surface area contributed by atoms with Crippen LogP contribution in [0.15, 0.2) is 20.2 Å². The van der Waals surface area contributed by atoms with E-state index in [2.05, 4.69) is 22.2 Å². The Labute approximate surface area is 191 Å². The first-order chi connectivity index (χ1) is 15.5. The molecule has 1 fully saturated rings. The van der Waals surface area contributed by atoms with Gasteiger partial charge in [0, 0.05) is 37.0 Å². The van der Waals surface area contributed by atoms with E-state index >= 15 is 0 Å². The number of aliphatic imine (C=N–C) groups is 2. The number of hydrogen-bond donors (Lipinski definition) is 0. The van der Waals surface area contributed by atoms with Crippen molar-refractivity contribution in [3.05, 3.63) is 0 Å². The molecule has 4 rings (SSSR count). The summed E-state index contributed by atoms with van der Waals surface area (Å²) in [6, 6.07) is -0.514. The van der Waals surface area contributed by atoms with Gasteiger partial charge in [0.1, 0.15) is 13.7 Å². The van der Waals surface area contributed by atoms with Crippen molar-refractivity contribution in [2.24, 2.45) is 43.9 Å². The molecule has 0 radical (unpaired) electrons. The summed E-state index contributed by atoms with van der Waals surface area (Å²) in [4.78, 5) is 29.6. The van der Waals surface area contributed by atoms with Crippen molar-refractivity contribution in [2.75, 3.05) is 26.7 Å². The number of hydrazone groups is 1. The molecule has 4 aliphatic rings. The number of halogens is 3. The van der Waals surface area contributed by atoms with Gasteiger partial charge >= 0.3 is 6.18 Å². The van der Waals surface area contributed by atoms with Gasteiger partial charge in [-0.3, -0.25) is 19.8 Å². The molecular formula is C22H31F3N6O2. The average molecular weight is 469 g/mol. The molecule has 1 amide bonds. The molecule has 8 nitrogen and oxygen atoms in total. The molecule has 1 saturated heterocycles. The van der Waals surface area contributed by atoms with E-state index in [1.54, 1.807) is 11.1 Å². The largest absolute Gasteiger partial charge is 0.407 e. The highest BCUT2D eigenvalue weighted by atomic mass is 19.4. The number of fused-ring (bicyclic) bond motifs is 1. The summed E-state index contributed by atoms with van der Waals surface area (Å²) >= 11 is 0. The van der Waals surface area contributed by atoms with Crippen LogP contribution in [-0.2, 0) is 9.63 Å². The first kappa shape index (κ1) is 23.7. The Balaban J connectivity index is 1.55. The highest BCUT2D eigenvalue weighted by molar-refractivity contribution is 6.16. The monoisotopic (exact) mass is 468 g/mol. The van der Waals surface area contributed by atoms with Crippen LogP contribution in [0.3, 0.4) is 0 Å². The van der Waals surface area contributed by atoms with Crippen LogP contribution in [0.4, 0.5) is 13.2 Å². The quantitative estimate of drug-likeness (QED) is 0.460. The Bertz CT molecular complexity index is 884. The van der Waals surface area contributed by atoms with Crippen LogP contribution in [-0.4, -0.2) is 90.7 Å². The molecule has 0 aromatic carbocycles. The number of nitrogens with zero attached hydrogens (tertiary/aromatic N) is 6. The summed E-state index contributed by atoms with van der Waals surface area (Å²) in [6.07, 6.45) is 2.48. The molecule has 0 saturated carbocycles. The van der Waals surface area contributed by atoms with Crippen molar-refractivity contribution >= 4 is 30.3 Å². The molecule has 6 unspecified atom stereocenters. The summed E-state index contributed by atoms with van der Waals surface area (Å²) in [5, 5.41) is 8.78. The SMILES string of the molecule is CO/N=C/C1CN=CC(C2CC(C)C3C(=O)N(C4C=NN(CC(F)(F)F)C4)C(C)(C)C3=N2)C1. The van der Waals surface area contributed by atoms with Gasteiger partial charge < -0.3 is 9.74 Å². The Morgan fingerprint density at radius 1 is 1.30 bits per heavy atom. The summed E-state index contributed by atoms with van der Waals surface area (Å²) in [5.74, 6) is -0.0362. The summed E-state index contributed by atoms with van der Waals surface area (Å²) < 4.78 is 38.4. The van der Waals surface area contributed by atoms with E-state index in [-0.39, 0.29) is 42.2 Å². The zero-order valence-corrected chi connectivity index (χ0v) is 19.4. The minimum atomic E-state index is -4.34. The molecule has 0 N–H and O–H groups in total. The molecule has 0 spiro atoms. The molecular weight excluding hydrogens is 437 g/mol. The fourth-order valence-corrected chi connectivity index (χ4v) is 5.66. The lowest BCUT2D eigenvalue weighted by Crippen LogP contribution is -2.53. The average Bonchev–Trinajstić information content (AvgIpc) is 3.24. The van der Waals surface area contributed by atoms with E-state index < -0.39 is 24.3 Å². The second kappa shape index (κ2) is 8.72. The fraction of sp³-hybridized carbons (Fsp3) is 0.773. The van der Waals surface area contributed by atoms with Crippen LogP contribution in [0.2, 0.25) is 0 Å². The third-order valence-electron chi connectivity index (χ3n) is 7.09. The molecule has 4 heterocycles. The number of oxime groups is 1. The number of alkyl halides is 3. The molecule has 182 valence electrons. The smallest absolute Gasteiger partial charge is 0.399 e. The molecule has 0 aromatic heterocycles. The zero-order valence-electron chi connectivity index (χ0n) is 19.4. The van der Waals surface area contributed by atoms with Crippen molar-refractivity contribution < 1.29 is 22.8 Å². The maximum Gasteiger partial charge on any atom is 0.407 e. The van der Waals surface area contributed by atoms with Crippen LogP contribution in [0.25, 0.3) is 0 Å². The van der Waals surface area contributed by atoms with Gasteiger partial charge in [0.25, 0.3) is 0 Å². The third-order valence-corrected chi connectivity index (χ3v) is 7.09. The Morgan fingerprint density at radius 3 is 2.76 bits per heavy atom. The summed E-state index contributed by atoms with van der Waals surface area (Å²) in [6.45, 7) is 5.50. The second-order valence-electron chi connectivity index (χ2n) is 9.94. The number of amides is 1. The van der Waals surface area contributed by atoms with Gasteiger partial charge in [-0.2, -0.15) is 18.3 Å². The molecule has 11 heteroatoms. The van der Waals surface area contributed by atoms with E-state index in [1.165, 1.54) is 13.3 Å². The highest BCUT2D eigenvalue weighted by Crippen LogP contribution is 2.43. The van der Waals surface area contributed by atoms with Gasteiger partial charge in [-0.1, -0.05) is 12.1 Å². The standard InChI is InChI=1S/C22H31F3N6O2/c1-13-5-17(15-6-14(7-26-9-15)8-28-33-4)29-19-18(13)20(32)31(21(19,2)3)16-10-27-30(11-16)12-22(23,24)25/h8-10,13-18H,5-7,11-12H2,1-4H3/b28-8+. The normalized spacial score (nSPS) is 36.0. The minimum absolute atomic E-state index is 0.000238. The van der Waals surface area contributed by atoms with Gasteiger partial charge in [0.05, 0.1) is 35.8 Å². The molecule has 33 heavy (non-hydrogen) atoms. The topological polar surface area (TPSA) is 82.2 Å². The van der Waals surface area contributed by atoms with Crippen LogP contribution in [0.1, 0.15) is 33.6 Å². The Hall–Kier alpha value is -2.46. The highest BCUT2D eigenvalue weighted by Gasteiger charge is 2.57. The third kappa shape index (κ3) is 4.63. The van der Waals surface area contributed by atoms with Crippen molar-refractivity contribution in [2.45, 2.75) is 57.4 Å².